The SMILES string of the molecule is COC(=O)c1ccccc1/C=N\NC(=O)[C@@H](C)Oc1ccccc1F. The molecule has 2 aromatic carbocycles. The van der Waals surface area contributed by atoms with Crippen LogP contribution in [0.2, 0.25) is 0 Å². The molecule has 0 unspecified atom stereocenters. The average Bonchev–Trinajstić information content (AvgIpc) is 2.63. The monoisotopic (exact) mass is 344 g/mol. The van der Waals surface area contributed by atoms with E-state index in [4.69, 9.17) is 4.74 Å². The highest BCUT2D eigenvalue weighted by Crippen LogP contribution is 2.17. The van der Waals surface area contributed by atoms with Gasteiger partial charge in [0.1, 0.15) is 0 Å². The predicted molar refractivity (Wildman–Crippen MR) is 90.0 cm³/mol. The van der Waals surface area contributed by atoms with Gasteiger partial charge >= 0.3 is 5.97 Å². The van der Waals surface area contributed by atoms with Crippen LogP contribution < -0.4 is 10.2 Å². The number of methoxy groups -OCH3 is 1. The Morgan fingerprint density at radius 2 is 1.84 bits per heavy atom. The highest BCUT2D eigenvalue weighted by molar-refractivity contribution is 5.99. The summed E-state index contributed by atoms with van der Waals surface area (Å²) in [6.45, 7) is 1.47. The maximum Gasteiger partial charge on any atom is 0.338 e. The molecule has 0 aliphatic rings. The molecule has 0 fully saturated rings. The van der Waals surface area contributed by atoms with E-state index in [9.17, 15) is 14.0 Å². The molecule has 0 spiro atoms. The van der Waals surface area contributed by atoms with Crippen molar-refractivity contribution in [3.63, 3.8) is 0 Å². The number of amides is 1. The van der Waals surface area contributed by atoms with Crippen LogP contribution in [0.3, 0.4) is 0 Å². The van der Waals surface area contributed by atoms with Crippen molar-refractivity contribution in [2.75, 3.05) is 7.11 Å². The summed E-state index contributed by atoms with van der Waals surface area (Å²) in [6, 6.07) is 12.4. The Hall–Kier alpha value is -3.22. The van der Waals surface area contributed by atoms with Crippen LogP contribution in [0.1, 0.15) is 22.8 Å². The molecule has 0 aliphatic carbocycles. The molecule has 0 saturated heterocycles. The summed E-state index contributed by atoms with van der Waals surface area (Å²) in [5.41, 5.74) is 3.09. The molecule has 0 saturated carbocycles. The fraction of sp³-hybridized carbons (Fsp3) is 0.167. The molecular formula is C18H17FN2O4. The molecule has 1 N–H and O–H groups in total. The van der Waals surface area contributed by atoms with Crippen molar-refractivity contribution in [1.29, 1.82) is 0 Å². The minimum absolute atomic E-state index is 0.0230. The minimum Gasteiger partial charge on any atom is -0.478 e. The quantitative estimate of drug-likeness (QED) is 0.496. The lowest BCUT2D eigenvalue weighted by atomic mass is 10.1. The molecule has 130 valence electrons. The van der Waals surface area contributed by atoms with Crippen LogP contribution in [0.25, 0.3) is 0 Å². The van der Waals surface area contributed by atoms with Gasteiger partial charge in [0.05, 0.1) is 18.9 Å². The minimum atomic E-state index is -0.954. The smallest absolute Gasteiger partial charge is 0.338 e. The second kappa shape index (κ2) is 8.58. The summed E-state index contributed by atoms with van der Waals surface area (Å²) in [6.07, 6.45) is 0.366. The van der Waals surface area contributed by atoms with Gasteiger partial charge < -0.3 is 9.47 Å². The maximum absolute atomic E-state index is 13.5. The lowest BCUT2D eigenvalue weighted by Gasteiger charge is -2.13. The summed E-state index contributed by atoms with van der Waals surface area (Å²) in [5, 5.41) is 3.80. The van der Waals surface area contributed by atoms with E-state index >= 15 is 0 Å². The second-order valence-electron chi connectivity index (χ2n) is 5.00. The van der Waals surface area contributed by atoms with Crippen LogP contribution in [0.4, 0.5) is 4.39 Å². The van der Waals surface area contributed by atoms with Crippen molar-refractivity contribution in [2.24, 2.45) is 5.10 Å². The molecule has 25 heavy (non-hydrogen) atoms. The normalized spacial score (nSPS) is 11.8. The zero-order valence-electron chi connectivity index (χ0n) is 13.7. The third-order valence-electron chi connectivity index (χ3n) is 3.25. The number of halogens is 1. The number of hydrazone groups is 1. The molecule has 0 bridgehead atoms. The Balaban J connectivity index is 1.99. The van der Waals surface area contributed by atoms with Crippen LogP contribution in [0, 0.1) is 5.82 Å². The van der Waals surface area contributed by atoms with Crippen LogP contribution in [-0.4, -0.2) is 31.3 Å². The van der Waals surface area contributed by atoms with Gasteiger partial charge in [0.25, 0.3) is 5.91 Å². The van der Waals surface area contributed by atoms with Gasteiger partial charge in [0.2, 0.25) is 0 Å². The number of hydrogen-bond acceptors (Lipinski definition) is 5. The summed E-state index contributed by atoms with van der Waals surface area (Å²) in [5.74, 6) is -1.65. The molecule has 0 radical (unpaired) electrons. The number of carbonyl (C=O) groups is 2. The van der Waals surface area contributed by atoms with E-state index in [1.807, 2.05) is 0 Å². The first-order valence-corrected chi connectivity index (χ1v) is 7.44. The molecule has 0 aliphatic heterocycles. The van der Waals surface area contributed by atoms with Crippen LogP contribution in [0.5, 0.6) is 5.75 Å². The number of ether oxygens (including phenoxy) is 2. The largest absolute Gasteiger partial charge is 0.478 e. The Labute approximate surface area is 144 Å². The van der Waals surface area contributed by atoms with Gasteiger partial charge in [-0.25, -0.2) is 14.6 Å². The van der Waals surface area contributed by atoms with E-state index in [1.54, 1.807) is 30.3 Å². The first kappa shape index (κ1) is 18.1. The van der Waals surface area contributed by atoms with E-state index < -0.39 is 23.8 Å². The highest BCUT2D eigenvalue weighted by atomic mass is 19.1. The molecule has 7 heteroatoms. The van der Waals surface area contributed by atoms with Crippen molar-refractivity contribution in [2.45, 2.75) is 13.0 Å². The number of carbonyl (C=O) groups excluding carboxylic acids is 2. The zero-order valence-corrected chi connectivity index (χ0v) is 13.7. The molecule has 2 aromatic rings. The number of nitrogens with zero attached hydrogens (tertiary/aromatic N) is 1. The molecule has 1 atom stereocenters. The summed E-state index contributed by atoms with van der Waals surface area (Å²) >= 11 is 0. The van der Waals surface area contributed by atoms with E-state index in [1.165, 1.54) is 38.4 Å². The fourth-order valence-electron chi connectivity index (χ4n) is 1.95. The Morgan fingerprint density at radius 1 is 1.16 bits per heavy atom. The highest BCUT2D eigenvalue weighted by Gasteiger charge is 2.16. The van der Waals surface area contributed by atoms with Crippen molar-refractivity contribution < 1.29 is 23.5 Å². The van der Waals surface area contributed by atoms with Gasteiger partial charge in [0.15, 0.2) is 17.7 Å². The van der Waals surface area contributed by atoms with Crippen LogP contribution in [0.15, 0.2) is 53.6 Å². The van der Waals surface area contributed by atoms with Crippen molar-refractivity contribution in [3.8, 4) is 5.75 Å². The number of benzene rings is 2. The molecular weight excluding hydrogens is 327 g/mol. The third-order valence-corrected chi connectivity index (χ3v) is 3.25. The molecule has 0 heterocycles. The van der Waals surface area contributed by atoms with E-state index in [0.717, 1.165) is 0 Å². The lowest BCUT2D eigenvalue weighted by Crippen LogP contribution is -2.33. The van der Waals surface area contributed by atoms with Gasteiger partial charge in [0, 0.05) is 5.56 Å². The lowest BCUT2D eigenvalue weighted by molar-refractivity contribution is -0.127. The third kappa shape index (κ3) is 4.87. The molecule has 6 nitrogen and oxygen atoms in total. The van der Waals surface area contributed by atoms with Gasteiger partial charge in [-0.15, -0.1) is 0 Å². The number of para-hydroxylation sites is 1. The van der Waals surface area contributed by atoms with Crippen molar-refractivity contribution in [1.82, 2.24) is 5.43 Å². The second-order valence-corrected chi connectivity index (χ2v) is 5.00. The molecule has 2 rings (SSSR count). The van der Waals surface area contributed by atoms with Crippen molar-refractivity contribution >= 4 is 18.1 Å². The van der Waals surface area contributed by atoms with Gasteiger partial charge in [-0.2, -0.15) is 5.10 Å². The summed E-state index contributed by atoms with van der Waals surface area (Å²) in [4.78, 5) is 23.6. The average molecular weight is 344 g/mol. The topological polar surface area (TPSA) is 77.0 Å². The number of rotatable bonds is 6. The standard InChI is InChI=1S/C18H17FN2O4/c1-12(25-16-10-6-5-9-15(16)19)17(22)21-20-11-13-7-3-4-8-14(13)18(23)24-2/h3-12H,1-2H3,(H,21,22)/b20-11-/t12-/m1/s1. The first-order chi connectivity index (χ1) is 12.0. The fourth-order valence-corrected chi connectivity index (χ4v) is 1.95. The van der Waals surface area contributed by atoms with E-state index in [0.29, 0.717) is 11.1 Å². The Bertz CT molecular complexity index is 792. The summed E-state index contributed by atoms with van der Waals surface area (Å²) < 4.78 is 23.4. The zero-order chi connectivity index (χ0) is 18.2. The number of hydrogen-bond donors (Lipinski definition) is 1. The van der Waals surface area contributed by atoms with Crippen LogP contribution in [-0.2, 0) is 9.53 Å². The van der Waals surface area contributed by atoms with E-state index in [-0.39, 0.29) is 5.75 Å². The Kier molecular flexibility index (Phi) is 6.22. The van der Waals surface area contributed by atoms with Crippen molar-refractivity contribution in [3.05, 3.63) is 65.5 Å². The number of esters is 1. The van der Waals surface area contributed by atoms with Gasteiger partial charge in [-0.05, 0) is 25.1 Å². The van der Waals surface area contributed by atoms with E-state index in [2.05, 4.69) is 15.3 Å². The molecule has 0 aromatic heterocycles. The van der Waals surface area contributed by atoms with Crippen LogP contribution >= 0.6 is 0 Å². The number of nitrogens with one attached hydrogen (secondary N) is 1. The molecule has 1 amide bonds. The van der Waals surface area contributed by atoms with Gasteiger partial charge in [-0.1, -0.05) is 30.3 Å². The maximum atomic E-state index is 13.5. The predicted octanol–water partition coefficient (Wildman–Crippen LogP) is 2.53. The first-order valence-electron chi connectivity index (χ1n) is 7.44. The Morgan fingerprint density at radius 3 is 2.56 bits per heavy atom. The van der Waals surface area contributed by atoms with Gasteiger partial charge in [-0.3, -0.25) is 4.79 Å². The summed E-state index contributed by atoms with van der Waals surface area (Å²) in [7, 11) is 1.28.